The lowest BCUT2D eigenvalue weighted by Crippen LogP contribution is -2.26. The van der Waals surface area contributed by atoms with Crippen LogP contribution in [0.2, 0.25) is 0 Å². The summed E-state index contributed by atoms with van der Waals surface area (Å²) in [5.41, 5.74) is 2.11. The van der Waals surface area contributed by atoms with Crippen molar-refractivity contribution in [2.24, 2.45) is 7.05 Å². The fraction of sp³-hybridized carbons (Fsp3) is 0.188. The number of pyridine rings is 1. The van der Waals surface area contributed by atoms with Crippen LogP contribution >= 0.6 is 11.3 Å². The summed E-state index contributed by atoms with van der Waals surface area (Å²) in [6.07, 6.45) is 6.11. The van der Waals surface area contributed by atoms with Gasteiger partial charge in [-0.3, -0.25) is 13.9 Å². The van der Waals surface area contributed by atoms with Gasteiger partial charge in [0.05, 0.1) is 6.20 Å². The van der Waals surface area contributed by atoms with Crippen molar-refractivity contribution in [2.75, 3.05) is 6.54 Å². The van der Waals surface area contributed by atoms with Gasteiger partial charge in [-0.15, -0.1) is 21.5 Å². The average molecular weight is 353 g/mol. The molecule has 0 saturated heterocycles. The third kappa shape index (κ3) is 3.13. The largest absolute Gasteiger partial charge is 0.350 e. The van der Waals surface area contributed by atoms with Crippen LogP contribution in [0.3, 0.4) is 0 Å². The summed E-state index contributed by atoms with van der Waals surface area (Å²) < 4.78 is 3.62. The molecule has 0 aromatic carbocycles. The predicted octanol–water partition coefficient (Wildman–Crippen LogP) is 1.56. The predicted molar refractivity (Wildman–Crippen MR) is 93.3 cm³/mol. The normalized spacial score (nSPS) is 11.1. The molecular weight excluding hydrogens is 338 g/mol. The molecule has 0 aliphatic heterocycles. The van der Waals surface area contributed by atoms with Crippen molar-refractivity contribution in [1.82, 2.24) is 34.7 Å². The van der Waals surface area contributed by atoms with Crippen molar-refractivity contribution in [3.8, 4) is 10.6 Å². The van der Waals surface area contributed by atoms with Gasteiger partial charge in [-0.25, -0.2) is 4.98 Å². The van der Waals surface area contributed by atoms with Crippen LogP contribution in [0.4, 0.5) is 0 Å². The molecule has 1 N–H and O–H groups in total. The molecule has 126 valence electrons. The lowest BCUT2D eigenvalue weighted by atomic mass is 10.3. The number of hydrogen-bond donors (Lipinski definition) is 1. The molecule has 0 atom stereocenters. The average Bonchev–Trinajstić information content (AvgIpc) is 3.34. The zero-order chi connectivity index (χ0) is 17.2. The Morgan fingerprint density at radius 2 is 2.24 bits per heavy atom. The second kappa shape index (κ2) is 6.44. The van der Waals surface area contributed by atoms with Crippen molar-refractivity contribution in [3.63, 3.8) is 0 Å². The molecule has 0 radical (unpaired) electrons. The van der Waals surface area contributed by atoms with Crippen molar-refractivity contribution >= 4 is 22.9 Å². The third-order valence-electron chi connectivity index (χ3n) is 3.71. The van der Waals surface area contributed by atoms with E-state index in [-0.39, 0.29) is 5.91 Å². The van der Waals surface area contributed by atoms with Gasteiger partial charge in [-0.05, 0) is 12.1 Å². The third-order valence-corrected chi connectivity index (χ3v) is 4.60. The van der Waals surface area contributed by atoms with Gasteiger partial charge in [0, 0.05) is 43.4 Å². The maximum atomic E-state index is 12.3. The molecule has 1 amide bonds. The fourth-order valence-corrected chi connectivity index (χ4v) is 3.26. The summed E-state index contributed by atoms with van der Waals surface area (Å²) in [6, 6.07) is 5.73. The molecule has 0 bridgehead atoms. The first-order chi connectivity index (χ1) is 12.2. The number of fused-ring (bicyclic) bond motifs is 1. The van der Waals surface area contributed by atoms with Crippen LogP contribution in [0.5, 0.6) is 0 Å². The first-order valence-corrected chi connectivity index (χ1v) is 8.60. The summed E-state index contributed by atoms with van der Waals surface area (Å²) in [5, 5.41) is 17.8. The zero-order valence-electron chi connectivity index (χ0n) is 13.5. The molecular formula is C16H15N7OS. The van der Waals surface area contributed by atoms with E-state index in [9.17, 15) is 4.79 Å². The molecule has 25 heavy (non-hydrogen) atoms. The number of carbonyl (C=O) groups excluding carboxylic acids is 1. The lowest BCUT2D eigenvalue weighted by molar-refractivity contribution is 0.0949. The fourth-order valence-electron chi connectivity index (χ4n) is 2.48. The summed E-state index contributed by atoms with van der Waals surface area (Å²) in [7, 11) is 1.85. The quantitative estimate of drug-likeness (QED) is 0.588. The van der Waals surface area contributed by atoms with Crippen molar-refractivity contribution in [3.05, 3.63) is 53.7 Å². The van der Waals surface area contributed by atoms with Gasteiger partial charge in [0.1, 0.15) is 16.5 Å². The summed E-state index contributed by atoms with van der Waals surface area (Å²) in [5.74, 6) is 0.616. The Morgan fingerprint density at radius 3 is 3.08 bits per heavy atom. The minimum Gasteiger partial charge on any atom is -0.350 e. The number of aromatic nitrogens is 6. The molecule has 4 rings (SSSR count). The number of nitrogens with one attached hydrogen (secondary N) is 1. The SMILES string of the molecule is Cn1cc(-c2nc(C(=O)NCCc3nnc4ccccn34)cs2)cn1. The standard InChI is InChI=1S/C16H15N7OS/c1-22-9-11(8-18-22)16-19-12(10-25-16)15(24)17-6-5-14-21-20-13-4-2-3-7-23(13)14/h2-4,7-10H,5-6H2,1H3,(H,17,24). The van der Waals surface area contributed by atoms with Gasteiger partial charge in [0.15, 0.2) is 5.65 Å². The maximum Gasteiger partial charge on any atom is 0.270 e. The Bertz CT molecular complexity index is 1030. The van der Waals surface area contributed by atoms with Gasteiger partial charge in [-0.1, -0.05) is 6.07 Å². The number of thiazole rings is 1. The molecule has 0 fully saturated rings. The van der Waals surface area contributed by atoms with E-state index >= 15 is 0 Å². The first kappa shape index (κ1) is 15.5. The van der Waals surface area contributed by atoms with E-state index in [1.165, 1.54) is 11.3 Å². The number of carbonyl (C=O) groups is 1. The van der Waals surface area contributed by atoms with Gasteiger partial charge in [-0.2, -0.15) is 5.10 Å². The molecule has 8 nitrogen and oxygen atoms in total. The maximum absolute atomic E-state index is 12.3. The van der Waals surface area contributed by atoms with Crippen LogP contribution in [0.25, 0.3) is 16.2 Å². The number of hydrogen-bond acceptors (Lipinski definition) is 6. The molecule has 0 spiro atoms. The highest BCUT2D eigenvalue weighted by Gasteiger charge is 2.13. The molecule has 0 aliphatic rings. The Labute approximate surface area is 147 Å². The van der Waals surface area contributed by atoms with E-state index in [4.69, 9.17) is 0 Å². The second-order valence-electron chi connectivity index (χ2n) is 5.49. The molecule has 4 aromatic heterocycles. The molecule has 9 heteroatoms. The van der Waals surface area contributed by atoms with E-state index in [2.05, 4.69) is 25.6 Å². The van der Waals surface area contributed by atoms with E-state index in [0.29, 0.717) is 18.7 Å². The summed E-state index contributed by atoms with van der Waals surface area (Å²) >= 11 is 1.43. The van der Waals surface area contributed by atoms with Gasteiger partial charge >= 0.3 is 0 Å². The van der Waals surface area contributed by atoms with Crippen LogP contribution in [-0.4, -0.2) is 41.8 Å². The van der Waals surface area contributed by atoms with Crippen LogP contribution in [-0.2, 0) is 13.5 Å². The van der Waals surface area contributed by atoms with Gasteiger partial charge in [0.2, 0.25) is 0 Å². The van der Waals surface area contributed by atoms with Gasteiger partial charge in [0.25, 0.3) is 5.91 Å². The number of amides is 1. The number of nitrogens with zero attached hydrogens (tertiary/aromatic N) is 6. The van der Waals surface area contributed by atoms with E-state index < -0.39 is 0 Å². The second-order valence-corrected chi connectivity index (χ2v) is 6.35. The van der Waals surface area contributed by atoms with E-state index in [1.54, 1.807) is 16.3 Å². The van der Waals surface area contributed by atoms with Gasteiger partial charge < -0.3 is 5.32 Å². The lowest BCUT2D eigenvalue weighted by Gasteiger charge is -2.02. The number of aryl methyl sites for hydroxylation is 1. The molecule has 4 heterocycles. The highest BCUT2D eigenvalue weighted by atomic mass is 32.1. The number of rotatable bonds is 5. The van der Waals surface area contributed by atoms with Crippen LogP contribution in [0.15, 0.2) is 42.2 Å². The Morgan fingerprint density at radius 1 is 1.32 bits per heavy atom. The molecule has 0 aliphatic carbocycles. The van der Waals surface area contributed by atoms with E-state index in [0.717, 1.165) is 22.0 Å². The van der Waals surface area contributed by atoms with Crippen LogP contribution < -0.4 is 5.32 Å². The zero-order valence-corrected chi connectivity index (χ0v) is 14.3. The molecule has 4 aromatic rings. The van der Waals surface area contributed by atoms with Crippen LogP contribution in [0.1, 0.15) is 16.3 Å². The summed E-state index contributed by atoms with van der Waals surface area (Å²) in [4.78, 5) is 16.6. The Kier molecular flexibility index (Phi) is 3.98. The highest BCUT2D eigenvalue weighted by molar-refractivity contribution is 7.13. The first-order valence-electron chi connectivity index (χ1n) is 7.72. The van der Waals surface area contributed by atoms with Crippen molar-refractivity contribution in [1.29, 1.82) is 0 Å². The Balaban J connectivity index is 1.38. The monoisotopic (exact) mass is 353 g/mol. The molecule has 0 unspecified atom stereocenters. The van der Waals surface area contributed by atoms with E-state index in [1.807, 2.05) is 42.0 Å². The topological polar surface area (TPSA) is 90.0 Å². The molecule has 0 saturated carbocycles. The Hall–Kier alpha value is -3.07. The van der Waals surface area contributed by atoms with Crippen LogP contribution in [0, 0.1) is 0 Å². The summed E-state index contributed by atoms with van der Waals surface area (Å²) in [6.45, 7) is 0.467. The van der Waals surface area contributed by atoms with Crippen molar-refractivity contribution in [2.45, 2.75) is 6.42 Å². The highest BCUT2D eigenvalue weighted by Crippen LogP contribution is 2.22. The minimum absolute atomic E-state index is 0.194. The smallest absolute Gasteiger partial charge is 0.270 e. The van der Waals surface area contributed by atoms with Crippen molar-refractivity contribution < 1.29 is 4.79 Å². The minimum atomic E-state index is -0.194.